The molecule has 0 aliphatic rings. The lowest BCUT2D eigenvalue weighted by Gasteiger charge is -2.34. The van der Waals surface area contributed by atoms with Gasteiger partial charge in [-0.1, -0.05) is 82.3 Å². The molecule has 1 aromatic heterocycles. The van der Waals surface area contributed by atoms with E-state index < -0.39 is 5.60 Å². The minimum absolute atomic E-state index is 0.0677. The lowest BCUT2D eigenvalue weighted by molar-refractivity contribution is -0.290. The molecule has 4 heteroatoms. The van der Waals surface area contributed by atoms with Crippen molar-refractivity contribution in [3.8, 4) is 11.3 Å². The van der Waals surface area contributed by atoms with Crippen LogP contribution in [-0.4, -0.2) is 28.9 Å². The molecule has 0 fully saturated rings. The van der Waals surface area contributed by atoms with Gasteiger partial charge in [-0.05, 0) is 85.9 Å². The quantitative estimate of drug-likeness (QED) is 0.129. The van der Waals surface area contributed by atoms with Crippen LogP contribution in [0.2, 0.25) is 0 Å². The van der Waals surface area contributed by atoms with Crippen molar-refractivity contribution in [1.29, 1.82) is 0 Å². The van der Waals surface area contributed by atoms with Crippen LogP contribution in [0.25, 0.3) is 17.3 Å². The Hall–Kier alpha value is -2.79. The van der Waals surface area contributed by atoms with Crippen LogP contribution in [0, 0.1) is 13.8 Å². The molecule has 0 aliphatic heterocycles. The molecule has 0 radical (unpaired) electrons. The molecule has 0 bridgehead atoms. The van der Waals surface area contributed by atoms with Gasteiger partial charge in [0.05, 0.1) is 24.5 Å². The largest absolute Gasteiger partial charge is 0.386 e. The van der Waals surface area contributed by atoms with Gasteiger partial charge in [-0.15, -0.1) is 0 Å². The first-order valence-electron chi connectivity index (χ1n) is 14.6. The van der Waals surface area contributed by atoms with E-state index in [-0.39, 0.29) is 5.41 Å². The zero-order valence-corrected chi connectivity index (χ0v) is 25.0. The molecule has 0 aliphatic carbocycles. The maximum Gasteiger partial charge on any atom is 0.0863 e. The number of pyridine rings is 1. The fourth-order valence-electron chi connectivity index (χ4n) is 5.41. The summed E-state index contributed by atoms with van der Waals surface area (Å²) in [6, 6.07) is 17.9. The Bertz CT molecular complexity index is 1220. The summed E-state index contributed by atoms with van der Waals surface area (Å²) in [7, 11) is 0. The Kier molecular flexibility index (Phi) is 11.1. The van der Waals surface area contributed by atoms with Crippen molar-refractivity contribution >= 4 is 6.08 Å². The second-order valence-corrected chi connectivity index (χ2v) is 10.6. The zero-order chi connectivity index (χ0) is 28.5. The van der Waals surface area contributed by atoms with E-state index in [1.54, 1.807) is 0 Å². The molecule has 4 nitrogen and oxygen atoms in total. The summed E-state index contributed by atoms with van der Waals surface area (Å²) in [5, 5.41) is 10.7. The van der Waals surface area contributed by atoms with Crippen molar-refractivity contribution in [1.82, 2.24) is 4.98 Å². The average Bonchev–Trinajstić information content (AvgIpc) is 2.96. The first-order chi connectivity index (χ1) is 18.8. The van der Waals surface area contributed by atoms with Crippen molar-refractivity contribution in [2.24, 2.45) is 0 Å². The predicted octanol–water partition coefficient (Wildman–Crippen LogP) is 8.55. The van der Waals surface area contributed by atoms with Crippen LogP contribution in [-0.2, 0) is 21.6 Å². The standard InChI is InChI=1S/C35H47NO3/c1-8-34(37,9-2)21-19-29-14-15-30(23-26(29)6)35(10-3,11-4)31-16-17-32(27(7)24-31)33-18-13-28(25-36-33)20-22-39-38-12-5/h13-19,21,23-25,37H,8-12,20,22H2,1-7H3/b21-19+. The number of benzene rings is 2. The lowest BCUT2D eigenvalue weighted by atomic mass is 9.69. The number of hydrogen-bond donors (Lipinski definition) is 1. The van der Waals surface area contributed by atoms with Crippen molar-refractivity contribution in [3.05, 3.63) is 94.2 Å². The smallest absolute Gasteiger partial charge is 0.0863 e. The minimum atomic E-state index is -0.742. The highest BCUT2D eigenvalue weighted by atomic mass is 17.2. The maximum absolute atomic E-state index is 10.7. The fourth-order valence-corrected chi connectivity index (χ4v) is 5.41. The van der Waals surface area contributed by atoms with Crippen molar-refractivity contribution in [3.63, 3.8) is 0 Å². The van der Waals surface area contributed by atoms with Gasteiger partial charge < -0.3 is 5.11 Å². The summed E-state index contributed by atoms with van der Waals surface area (Å²) in [5.74, 6) is 0. The molecule has 3 rings (SSSR count). The SMILES string of the molecule is CCOOCCc1ccc(-c2ccc(C(CC)(CC)c3ccc(/C=C/C(O)(CC)CC)c(C)c3)cc2C)nc1. The molecule has 2 aromatic carbocycles. The van der Waals surface area contributed by atoms with Gasteiger partial charge in [0.2, 0.25) is 0 Å². The fraction of sp³-hybridized carbons (Fsp3) is 0.457. The molecule has 0 amide bonds. The molecular formula is C35H47NO3. The van der Waals surface area contributed by atoms with E-state index in [1.807, 2.05) is 33.0 Å². The monoisotopic (exact) mass is 529 g/mol. The number of aryl methyl sites for hydroxylation is 2. The van der Waals surface area contributed by atoms with E-state index >= 15 is 0 Å². The summed E-state index contributed by atoms with van der Waals surface area (Å²) >= 11 is 0. The molecule has 1 heterocycles. The summed E-state index contributed by atoms with van der Waals surface area (Å²) in [6.45, 7) is 16.0. The number of nitrogens with zero attached hydrogens (tertiary/aromatic N) is 1. The van der Waals surface area contributed by atoms with Crippen molar-refractivity contribution < 1.29 is 14.9 Å². The van der Waals surface area contributed by atoms with E-state index in [9.17, 15) is 5.11 Å². The molecule has 0 spiro atoms. The molecule has 0 unspecified atom stereocenters. The van der Waals surface area contributed by atoms with Gasteiger partial charge in [-0.3, -0.25) is 4.98 Å². The Morgan fingerprint density at radius 3 is 2.00 bits per heavy atom. The first kappa shape index (κ1) is 30.7. The van der Waals surface area contributed by atoms with Crippen LogP contribution < -0.4 is 0 Å². The molecule has 3 aromatic rings. The van der Waals surface area contributed by atoms with E-state index in [0.29, 0.717) is 26.1 Å². The second kappa shape index (κ2) is 14.0. The van der Waals surface area contributed by atoms with Gasteiger partial charge >= 0.3 is 0 Å². The number of aromatic nitrogens is 1. The van der Waals surface area contributed by atoms with Crippen molar-refractivity contribution in [2.45, 2.75) is 91.6 Å². The van der Waals surface area contributed by atoms with E-state index in [0.717, 1.165) is 41.6 Å². The molecule has 39 heavy (non-hydrogen) atoms. The maximum atomic E-state index is 10.7. The van der Waals surface area contributed by atoms with Crippen LogP contribution in [0.3, 0.4) is 0 Å². The highest BCUT2D eigenvalue weighted by Gasteiger charge is 2.31. The molecule has 0 saturated carbocycles. The van der Waals surface area contributed by atoms with Crippen LogP contribution in [0.4, 0.5) is 0 Å². The van der Waals surface area contributed by atoms with Crippen LogP contribution in [0.15, 0.2) is 60.8 Å². The Morgan fingerprint density at radius 2 is 1.46 bits per heavy atom. The molecule has 0 atom stereocenters. The molecule has 210 valence electrons. The van der Waals surface area contributed by atoms with Gasteiger partial charge in [0, 0.05) is 23.6 Å². The van der Waals surface area contributed by atoms with E-state index in [4.69, 9.17) is 14.8 Å². The van der Waals surface area contributed by atoms with Gasteiger partial charge in [-0.2, -0.15) is 0 Å². The topological polar surface area (TPSA) is 51.6 Å². The van der Waals surface area contributed by atoms with Crippen molar-refractivity contribution in [2.75, 3.05) is 13.2 Å². The third kappa shape index (κ3) is 7.25. The third-order valence-corrected chi connectivity index (χ3v) is 8.38. The normalized spacial score (nSPS) is 12.4. The number of rotatable bonds is 14. The van der Waals surface area contributed by atoms with Gasteiger partial charge in [-0.25, -0.2) is 9.78 Å². The highest BCUT2D eigenvalue weighted by Crippen LogP contribution is 2.41. The first-order valence-corrected chi connectivity index (χ1v) is 14.6. The molecular weight excluding hydrogens is 482 g/mol. The average molecular weight is 530 g/mol. The van der Waals surface area contributed by atoms with Crippen LogP contribution in [0.5, 0.6) is 0 Å². The number of aliphatic hydroxyl groups is 1. The van der Waals surface area contributed by atoms with Crippen LogP contribution in [0.1, 0.15) is 93.7 Å². The van der Waals surface area contributed by atoms with E-state index in [1.165, 1.54) is 22.3 Å². The minimum Gasteiger partial charge on any atom is -0.386 e. The Balaban J connectivity index is 1.88. The van der Waals surface area contributed by atoms with Gasteiger partial charge in [0.1, 0.15) is 0 Å². The van der Waals surface area contributed by atoms with Gasteiger partial charge in [0.25, 0.3) is 0 Å². The number of hydrogen-bond acceptors (Lipinski definition) is 4. The predicted molar refractivity (Wildman–Crippen MR) is 163 cm³/mol. The second-order valence-electron chi connectivity index (χ2n) is 10.6. The Morgan fingerprint density at radius 1 is 0.795 bits per heavy atom. The third-order valence-electron chi connectivity index (χ3n) is 8.38. The zero-order valence-electron chi connectivity index (χ0n) is 25.0. The summed E-state index contributed by atoms with van der Waals surface area (Å²) in [4.78, 5) is 14.8. The molecule has 0 saturated heterocycles. The van der Waals surface area contributed by atoms with Crippen LogP contribution >= 0.6 is 0 Å². The highest BCUT2D eigenvalue weighted by molar-refractivity contribution is 5.65. The Labute approximate surface area is 236 Å². The summed E-state index contributed by atoms with van der Waals surface area (Å²) in [5.41, 5.74) is 8.76. The van der Waals surface area contributed by atoms with E-state index in [2.05, 4.69) is 82.3 Å². The lowest BCUT2D eigenvalue weighted by Crippen LogP contribution is -2.26. The molecule has 1 N–H and O–H groups in total. The summed E-state index contributed by atoms with van der Waals surface area (Å²) < 4.78 is 0. The summed E-state index contributed by atoms with van der Waals surface area (Å²) in [6.07, 6.45) is 10.2. The van der Waals surface area contributed by atoms with Gasteiger partial charge in [0.15, 0.2) is 0 Å².